The Balaban J connectivity index is 1.69. The van der Waals surface area contributed by atoms with Crippen LogP contribution in [0.4, 0.5) is 0 Å². The average Bonchev–Trinajstić information content (AvgIpc) is 3.12. The summed E-state index contributed by atoms with van der Waals surface area (Å²) < 4.78 is 0. The van der Waals surface area contributed by atoms with Crippen molar-refractivity contribution in [3.63, 3.8) is 0 Å². The molecule has 24 heavy (non-hydrogen) atoms. The van der Waals surface area contributed by atoms with E-state index in [1.807, 2.05) is 0 Å². The Hall–Kier alpha value is -3.75. The molecule has 0 fully saturated rings. The van der Waals surface area contributed by atoms with Gasteiger partial charge in [-0.2, -0.15) is 0 Å². The van der Waals surface area contributed by atoms with E-state index in [0.29, 0.717) is 5.06 Å². The van der Waals surface area contributed by atoms with Crippen molar-refractivity contribution in [2.24, 2.45) is 0 Å². The second kappa shape index (κ2) is 4.88. The molecule has 0 saturated heterocycles. The Morgan fingerprint density at radius 3 is 2.38 bits per heavy atom. The maximum absolute atomic E-state index is 12.3. The van der Waals surface area contributed by atoms with Crippen molar-refractivity contribution in [3.8, 4) is 0 Å². The predicted octanol–water partition coefficient (Wildman–Crippen LogP) is 0.619. The number of amides is 2. The summed E-state index contributed by atoms with van der Waals surface area (Å²) in [6, 6.07) is 6.12. The maximum Gasteiger partial charge on any atom is 0.366 e. The number of aromatic nitrogens is 3. The number of imide groups is 1. The van der Waals surface area contributed by atoms with E-state index in [1.165, 1.54) is 24.7 Å². The van der Waals surface area contributed by atoms with Gasteiger partial charge in [0.15, 0.2) is 0 Å². The molecule has 2 amide bonds. The second-order valence-electron chi connectivity index (χ2n) is 4.99. The average molecular weight is 324 g/mol. The minimum Gasteiger partial charge on any atom is -0.345 e. The number of nitrogens with one attached hydrogen (secondary N) is 2. The molecule has 0 saturated carbocycles. The molecule has 0 atom stereocenters. The van der Waals surface area contributed by atoms with Crippen LogP contribution in [0.15, 0.2) is 41.6 Å². The van der Waals surface area contributed by atoms with E-state index in [2.05, 4.69) is 15.0 Å². The zero-order chi connectivity index (χ0) is 16.8. The first-order valence-electron chi connectivity index (χ1n) is 6.83. The van der Waals surface area contributed by atoms with Crippen molar-refractivity contribution >= 4 is 28.8 Å². The van der Waals surface area contributed by atoms with Crippen molar-refractivity contribution in [1.29, 1.82) is 0 Å². The van der Waals surface area contributed by atoms with Crippen molar-refractivity contribution in [2.75, 3.05) is 0 Å². The van der Waals surface area contributed by atoms with Gasteiger partial charge in [-0.3, -0.25) is 14.4 Å². The first-order chi connectivity index (χ1) is 11.6. The summed E-state index contributed by atoms with van der Waals surface area (Å²) in [5.74, 6) is -2.50. The normalized spacial score (nSPS) is 13.4. The van der Waals surface area contributed by atoms with Gasteiger partial charge in [0, 0.05) is 6.20 Å². The van der Waals surface area contributed by atoms with E-state index in [-0.39, 0.29) is 27.7 Å². The third-order valence-electron chi connectivity index (χ3n) is 3.63. The molecule has 1 aromatic carbocycles. The smallest absolute Gasteiger partial charge is 0.345 e. The first-order valence-corrected chi connectivity index (χ1v) is 6.83. The van der Waals surface area contributed by atoms with Crippen molar-refractivity contribution in [1.82, 2.24) is 20.0 Å². The highest BCUT2D eigenvalue weighted by atomic mass is 16.7. The van der Waals surface area contributed by atoms with Crippen LogP contribution in [0.5, 0.6) is 0 Å². The molecule has 1 aliphatic heterocycles. The molecule has 4 rings (SSSR count). The number of hydrogen-bond acceptors (Lipinski definition) is 6. The number of fused-ring (bicyclic) bond motifs is 2. The van der Waals surface area contributed by atoms with Crippen LogP contribution in [0.2, 0.25) is 0 Å². The number of nitrogens with zero attached hydrogens (tertiary/aromatic N) is 2. The van der Waals surface area contributed by atoms with Crippen LogP contribution in [-0.4, -0.2) is 37.8 Å². The van der Waals surface area contributed by atoms with Gasteiger partial charge in [0.05, 0.1) is 28.4 Å². The number of hydroxylamine groups is 2. The fourth-order valence-electron chi connectivity index (χ4n) is 2.51. The van der Waals surface area contributed by atoms with Crippen LogP contribution in [-0.2, 0) is 4.84 Å². The highest BCUT2D eigenvalue weighted by molar-refractivity contribution is 6.21. The van der Waals surface area contributed by atoms with Gasteiger partial charge in [0.2, 0.25) is 0 Å². The van der Waals surface area contributed by atoms with Gasteiger partial charge in [0.25, 0.3) is 17.4 Å². The number of carbonyl (C=O) groups is 3. The minimum atomic E-state index is -1.02. The number of benzene rings is 1. The second-order valence-corrected chi connectivity index (χ2v) is 4.99. The van der Waals surface area contributed by atoms with Crippen LogP contribution in [0.1, 0.15) is 31.1 Å². The molecule has 0 radical (unpaired) electrons. The van der Waals surface area contributed by atoms with Gasteiger partial charge in [-0.1, -0.05) is 17.2 Å². The molecule has 2 N–H and O–H groups in total. The van der Waals surface area contributed by atoms with Gasteiger partial charge in [-0.05, 0) is 12.1 Å². The quantitative estimate of drug-likeness (QED) is 0.666. The van der Waals surface area contributed by atoms with E-state index in [4.69, 9.17) is 4.84 Å². The molecule has 9 heteroatoms. The van der Waals surface area contributed by atoms with Crippen LogP contribution in [0.25, 0.3) is 11.0 Å². The number of rotatable bonds is 2. The Labute approximate surface area is 132 Å². The molecule has 0 aliphatic carbocycles. The summed E-state index contributed by atoms with van der Waals surface area (Å²) in [5.41, 5.74) is -0.193. The SMILES string of the molecule is O=C(ON1C(=O)c2ccccc2C1=O)c1c[nH]c2nc[nH]c(=O)c12. The summed E-state index contributed by atoms with van der Waals surface area (Å²) in [6.45, 7) is 0. The highest BCUT2D eigenvalue weighted by Crippen LogP contribution is 2.24. The fourth-order valence-corrected chi connectivity index (χ4v) is 2.51. The molecule has 9 nitrogen and oxygen atoms in total. The van der Waals surface area contributed by atoms with E-state index < -0.39 is 23.3 Å². The summed E-state index contributed by atoms with van der Waals surface area (Å²) in [6.07, 6.45) is 2.41. The minimum absolute atomic E-state index is 0.0147. The Morgan fingerprint density at radius 1 is 1.04 bits per heavy atom. The number of hydrogen-bond donors (Lipinski definition) is 2. The molecular formula is C15H8N4O5. The predicted molar refractivity (Wildman–Crippen MR) is 79.1 cm³/mol. The molecule has 2 aromatic heterocycles. The molecule has 0 spiro atoms. The lowest BCUT2D eigenvalue weighted by Gasteiger charge is -2.11. The zero-order valence-corrected chi connectivity index (χ0v) is 11.9. The van der Waals surface area contributed by atoms with Gasteiger partial charge >= 0.3 is 5.97 Å². The summed E-state index contributed by atoms with van der Waals surface area (Å²) >= 11 is 0. The Bertz CT molecular complexity index is 1050. The third kappa shape index (κ3) is 1.85. The maximum atomic E-state index is 12.3. The van der Waals surface area contributed by atoms with Crippen molar-refractivity contribution in [2.45, 2.75) is 0 Å². The molecule has 0 unspecified atom stereocenters. The lowest BCUT2D eigenvalue weighted by atomic mass is 10.1. The topological polar surface area (TPSA) is 125 Å². The standard InChI is InChI=1S/C15H8N4O5/c20-12-10-9(5-16-11(10)17-6-18-12)15(23)24-19-13(21)7-3-1-2-4-8(7)14(19)22/h1-6H,(H2,16,17,18,20). The molecule has 1 aliphatic rings. The molecule has 0 bridgehead atoms. The van der Waals surface area contributed by atoms with Crippen LogP contribution >= 0.6 is 0 Å². The summed E-state index contributed by atoms with van der Waals surface area (Å²) in [5, 5.41) is 0.371. The van der Waals surface area contributed by atoms with Crippen LogP contribution < -0.4 is 5.56 Å². The van der Waals surface area contributed by atoms with Crippen LogP contribution in [0.3, 0.4) is 0 Å². The molecular weight excluding hydrogens is 316 g/mol. The zero-order valence-electron chi connectivity index (χ0n) is 11.9. The fraction of sp³-hybridized carbons (Fsp3) is 0. The van der Waals surface area contributed by atoms with Gasteiger partial charge < -0.3 is 14.8 Å². The summed E-state index contributed by atoms with van der Waals surface area (Å²) in [4.78, 5) is 62.3. The van der Waals surface area contributed by atoms with E-state index in [9.17, 15) is 19.2 Å². The van der Waals surface area contributed by atoms with E-state index >= 15 is 0 Å². The number of aromatic amines is 2. The van der Waals surface area contributed by atoms with E-state index in [1.54, 1.807) is 12.1 Å². The van der Waals surface area contributed by atoms with Gasteiger partial charge in [0.1, 0.15) is 5.65 Å². The van der Waals surface area contributed by atoms with Crippen molar-refractivity contribution in [3.05, 3.63) is 63.8 Å². The lowest BCUT2D eigenvalue weighted by Crippen LogP contribution is -2.32. The monoisotopic (exact) mass is 324 g/mol. The largest absolute Gasteiger partial charge is 0.366 e. The number of carbonyl (C=O) groups excluding carboxylic acids is 3. The third-order valence-corrected chi connectivity index (χ3v) is 3.63. The molecule has 3 heterocycles. The van der Waals surface area contributed by atoms with Gasteiger partial charge in [-0.15, -0.1) is 0 Å². The summed E-state index contributed by atoms with van der Waals surface area (Å²) in [7, 11) is 0. The Morgan fingerprint density at radius 2 is 1.71 bits per heavy atom. The van der Waals surface area contributed by atoms with Crippen LogP contribution in [0, 0.1) is 0 Å². The molecule has 118 valence electrons. The van der Waals surface area contributed by atoms with E-state index in [0.717, 1.165) is 0 Å². The van der Waals surface area contributed by atoms with Gasteiger partial charge in [-0.25, -0.2) is 9.78 Å². The van der Waals surface area contributed by atoms with Crippen molar-refractivity contribution < 1.29 is 19.2 Å². The molecule has 3 aromatic rings. The number of H-pyrrole nitrogens is 2. The first kappa shape index (κ1) is 13.9. The lowest BCUT2D eigenvalue weighted by molar-refractivity contribution is -0.0583. The highest BCUT2D eigenvalue weighted by Gasteiger charge is 2.39. The Kier molecular flexibility index (Phi) is 2.82.